The molecule has 4 heteroatoms. The van der Waals surface area contributed by atoms with Crippen LogP contribution in [-0.4, -0.2) is 26.2 Å². The van der Waals surface area contributed by atoms with Crippen LogP contribution in [0.25, 0.3) is 0 Å². The number of ether oxygens (including phenoxy) is 1. The van der Waals surface area contributed by atoms with E-state index >= 15 is 0 Å². The summed E-state index contributed by atoms with van der Waals surface area (Å²) in [5.41, 5.74) is 1.21. The molecule has 0 bridgehead atoms. The van der Waals surface area contributed by atoms with Crippen LogP contribution in [0, 0.1) is 5.92 Å². The zero-order valence-corrected chi connectivity index (χ0v) is 10.00. The Morgan fingerprint density at radius 2 is 2.00 bits per heavy atom. The summed E-state index contributed by atoms with van der Waals surface area (Å²) in [5, 5.41) is 3.24. The summed E-state index contributed by atoms with van der Waals surface area (Å²) >= 11 is 0. The number of benzene rings is 1. The molecule has 1 N–H and O–H groups in total. The van der Waals surface area contributed by atoms with E-state index < -0.39 is 0 Å². The summed E-state index contributed by atoms with van der Waals surface area (Å²) in [4.78, 5) is 11.5. The van der Waals surface area contributed by atoms with Gasteiger partial charge in [-0.2, -0.15) is 0 Å². The number of halogens is 1. The molecule has 0 spiro atoms. The van der Waals surface area contributed by atoms with Crippen LogP contribution in [-0.2, 0) is 9.53 Å². The molecule has 1 heterocycles. The standard InChI is InChI=1S/C12H15NO2.ClH/c1-15-12(14)11-8-13-7-10(11)9-5-3-2-4-6-9;/h2-6,10-11,13H,7-8H2,1H3;1H. The van der Waals surface area contributed by atoms with Crippen LogP contribution >= 0.6 is 12.4 Å². The van der Waals surface area contributed by atoms with Gasteiger partial charge in [0.15, 0.2) is 0 Å². The second kappa shape index (κ2) is 5.87. The molecule has 2 atom stereocenters. The second-order valence-corrected chi connectivity index (χ2v) is 3.81. The van der Waals surface area contributed by atoms with E-state index in [1.807, 2.05) is 18.2 Å². The highest BCUT2D eigenvalue weighted by molar-refractivity contribution is 5.85. The molecule has 0 amide bonds. The molecule has 1 aromatic carbocycles. The molecule has 0 aliphatic carbocycles. The minimum Gasteiger partial charge on any atom is -0.469 e. The number of esters is 1. The molecule has 2 rings (SSSR count). The highest BCUT2D eigenvalue weighted by Crippen LogP contribution is 2.28. The first-order valence-electron chi connectivity index (χ1n) is 5.16. The predicted molar refractivity (Wildman–Crippen MR) is 64.8 cm³/mol. The number of nitrogens with one attached hydrogen (secondary N) is 1. The Labute approximate surface area is 102 Å². The smallest absolute Gasteiger partial charge is 0.310 e. The summed E-state index contributed by atoms with van der Waals surface area (Å²) in [6.45, 7) is 1.57. The Hall–Kier alpha value is -1.06. The van der Waals surface area contributed by atoms with Gasteiger partial charge in [0, 0.05) is 19.0 Å². The van der Waals surface area contributed by atoms with Crippen molar-refractivity contribution in [1.82, 2.24) is 5.32 Å². The fourth-order valence-electron chi connectivity index (χ4n) is 2.13. The van der Waals surface area contributed by atoms with Crippen LogP contribution in [0.1, 0.15) is 11.5 Å². The summed E-state index contributed by atoms with van der Waals surface area (Å²) in [6.07, 6.45) is 0. The normalized spacial score (nSPS) is 23.6. The number of rotatable bonds is 2. The van der Waals surface area contributed by atoms with E-state index in [0.29, 0.717) is 6.54 Å². The van der Waals surface area contributed by atoms with Crippen molar-refractivity contribution in [2.75, 3.05) is 20.2 Å². The Balaban J connectivity index is 0.00000128. The first-order valence-corrected chi connectivity index (χ1v) is 5.16. The molecule has 1 aliphatic heterocycles. The first-order chi connectivity index (χ1) is 7.33. The molecule has 0 radical (unpaired) electrons. The number of carbonyl (C=O) groups excluding carboxylic acids is 1. The predicted octanol–water partition coefficient (Wildman–Crippen LogP) is 1.58. The third-order valence-corrected chi connectivity index (χ3v) is 2.95. The average Bonchev–Trinajstić information content (AvgIpc) is 2.78. The average molecular weight is 242 g/mol. The molecule has 1 aliphatic rings. The molecular weight excluding hydrogens is 226 g/mol. The third kappa shape index (κ3) is 2.54. The van der Waals surface area contributed by atoms with Crippen molar-refractivity contribution < 1.29 is 9.53 Å². The van der Waals surface area contributed by atoms with Gasteiger partial charge < -0.3 is 10.1 Å². The molecule has 1 aromatic rings. The molecule has 1 fully saturated rings. The zero-order valence-electron chi connectivity index (χ0n) is 9.18. The van der Waals surface area contributed by atoms with E-state index in [9.17, 15) is 4.79 Å². The molecule has 0 saturated carbocycles. The lowest BCUT2D eigenvalue weighted by atomic mass is 9.89. The topological polar surface area (TPSA) is 38.3 Å². The molecule has 16 heavy (non-hydrogen) atoms. The summed E-state index contributed by atoms with van der Waals surface area (Å²) in [5.74, 6) is 0.0879. The number of hydrogen-bond acceptors (Lipinski definition) is 3. The van der Waals surface area contributed by atoms with Gasteiger partial charge in [-0.15, -0.1) is 12.4 Å². The quantitative estimate of drug-likeness (QED) is 0.800. The lowest BCUT2D eigenvalue weighted by Crippen LogP contribution is -2.22. The van der Waals surface area contributed by atoms with Gasteiger partial charge in [0.1, 0.15) is 0 Å². The SMILES string of the molecule is COC(=O)C1CNCC1c1ccccc1.Cl. The fraction of sp³-hybridized carbons (Fsp3) is 0.417. The maximum absolute atomic E-state index is 11.5. The van der Waals surface area contributed by atoms with Gasteiger partial charge in [-0.1, -0.05) is 30.3 Å². The maximum atomic E-state index is 11.5. The second-order valence-electron chi connectivity index (χ2n) is 3.81. The first kappa shape index (κ1) is 13.0. The van der Waals surface area contributed by atoms with Crippen molar-refractivity contribution in [3.05, 3.63) is 35.9 Å². The minimum atomic E-state index is -0.117. The highest BCUT2D eigenvalue weighted by Gasteiger charge is 2.34. The summed E-state index contributed by atoms with van der Waals surface area (Å²) in [7, 11) is 1.45. The van der Waals surface area contributed by atoms with Crippen LogP contribution in [0.5, 0.6) is 0 Å². The van der Waals surface area contributed by atoms with Crippen molar-refractivity contribution >= 4 is 18.4 Å². The Morgan fingerprint density at radius 3 is 2.62 bits per heavy atom. The monoisotopic (exact) mass is 241 g/mol. The van der Waals surface area contributed by atoms with Crippen molar-refractivity contribution in [1.29, 1.82) is 0 Å². The van der Waals surface area contributed by atoms with E-state index in [-0.39, 0.29) is 30.2 Å². The molecule has 0 aromatic heterocycles. The van der Waals surface area contributed by atoms with Gasteiger partial charge in [0.2, 0.25) is 0 Å². The maximum Gasteiger partial charge on any atom is 0.310 e. The van der Waals surface area contributed by atoms with Gasteiger partial charge >= 0.3 is 5.97 Å². The van der Waals surface area contributed by atoms with E-state index in [1.165, 1.54) is 12.7 Å². The third-order valence-electron chi connectivity index (χ3n) is 2.95. The number of methoxy groups -OCH3 is 1. The Morgan fingerprint density at radius 1 is 1.31 bits per heavy atom. The van der Waals surface area contributed by atoms with Gasteiger partial charge in [-0.25, -0.2) is 0 Å². The van der Waals surface area contributed by atoms with Crippen LogP contribution in [0.4, 0.5) is 0 Å². The Bertz CT molecular complexity index is 342. The molecule has 1 saturated heterocycles. The molecular formula is C12H16ClNO2. The van der Waals surface area contributed by atoms with Gasteiger partial charge in [0.25, 0.3) is 0 Å². The lowest BCUT2D eigenvalue weighted by Gasteiger charge is -2.16. The fourth-order valence-corrected chi connectivity index (χ4v) is 2.13. The van der Waals surface area contributed by atoms with Crippen molar-refractivity contribution in [2.24, 2.45) is 5.92 Å². The van der Waals surface area contributed by atoms with Crippen LogP contribution in [0.15, 0.2) is 30.3 Å². The van der Waals surface area contributed by atoms with E-state index in [0.717, 1.165) is 6.54 Å². The highest BCUT2D eigenvalue weighted by atomic mass is 35.5. The largest absolute Gasteiger partial charge is 0.469 e. The lowest BCUT2D eigenvalue weighted by molar-refractivity contribution is -0.145. The zero-order chi connectivity index (χ0) is 10.7. The summed E-state index contributed by atoms with van der Waals surface area (Å²) in [6, 6.07) is 10.1. The van der Waals surface area contributed by atoms with Gasteiger partial charge in [0.05, 0.1) is 13.0 Å². The van der Waals surface area contributed by atoms with Crippen molar-refractivity contribution in [3.63, 3.8) is 0 Å². The molecule has 2 unspecified atom stereocenters. The van der Waals surface area contributed by atoms with E-state index in [1.54, 1.807) is 0 Å². The van der Waals surface area contributed by atoms with Gasteiger partial charge in [-0.3, -0.25) is 4.79 Å². The van der Waals surface area contributed by atoms with Crippen LogP contribution in [0.2, 0.25) is 0 Å². The van der Waals surface area contributed by atoms with E-state index in [2.05, 4.69) is 17.4 Å². The van der Waals surface area contributed by atoms with E-state index in [4.69, 9.17) is 4.74 Å². The Kier molecular flexibility index (Phi) is 4.77. The van der Waals surface area contributed by atoms with Gasteiger partial charge in [-0.05, 0) is 5.56 Å². The summed E-state index contributed by atoms with van der Waals surface area (Å²) < 4.78 is 4.81. The van der Waals surface area contributed by atoms with Crippen LogP contribution < -0.4 is 5.32 Å². The molecule has 3 nitrogen and oxygen atoms in total. The van der Waals surface area contributed by atoms with Crippen LogP contribution in [0.3, 0.4) is 0 Å². The number of hydrogen-bond donors (Lipinski definition) is 1. The number of carbonyl (C=O) groups is 1. The minimum absolute atomic E-state index is 0. The van der Waals surface area contributed by atoms with Crippen molar-refractivity contribution in [2.45, 2.75) is 5.92 Å². The van der Waals surface area contributed by atoms with Crippen molar-refractivity contribution in [3.8, 4) is 0 Å². The molecule has 88 valence electrons.